The molecule has 0 aliphatic carbocycles. The van der Waals surface area contributed by atoms with Crippen LogP contribution in [0.3, 0.4) is 0 Å². The second-order valence-electron chi connectivity index (χ2n) is 5.26. The number of rotatable bonds is 6. The topological polar surface area (TPSA) is 29.1 Å². The highest BCUT2D eigenvalue weighted by atomic mass is 32.2. The number of benzene rings is 1. The fourth-order valence-electron chi connectivity index (χ4n) is 1.82. The average molecular weight is 267 g/mol. The minimum absolute atomic E-state index is 0.175. The van der Waals surface area contributed by atoms with Crippen LogP contribution in [0.25, 0.3) is 0 Å². The minimum Gasteiger partial charge on any atom is -0.312 e. The average Bonchev–Trinajstić information content (AvgIpc) is 2.35. The Hall–Kier alpha value is -0.670. The maximum atomic E-state index is 11.9. The van der Waals surface area contributed by atoms with Crippen LogP contribution < -0.4 is 5.32 Å². The summed E-state index contributed by atoms with van der Waals surface area (Å²) >= 11 is 0. The van der Waals surface area contributed by atoms with Crippen molar-refractivity contribution >= 4 is 10.8 Å². The van der Waals surface area contributed by atoms with Crippen LogP contribution in [-0.4, -0.2) is 22.3 Å². The van der Waals surface area contributed by atoms with Crippen LogP contribution in [-0.2, 0) is 10.8 Å². The van der Waals surface area contributed by atoms with Crippen molar-refractivity contribution in [3.63, 3.8) is 0 Å². The van der Waals surface area contributed by atoms with Crippen molar-refractivity contribution < 1.29 is 4.21 Å². The molecule has 2 unspecified atom stereocenters. The van der Waals surface area contributed by atoms with E-state index in [0.29, 0.717) is 11.7 Å². The molecule has 0 aliphatic heterocycles. The summed E-state index contributed by atoms with van der Waals surface area (Å²) < 4.78 is 11.9. The van der Waals surface area contributed by atoms with Gasteiger partial charge in [0, 0.05) is 27.8 Å². The van der Waals surface area contributed by atoms with Gasteiger partial charge in [-0.15, -0.1) is 0 Å². The lowest BCUT2D eigenvalue weighted by Gasteiger charge is -2.18. The van der Waals surface area contributed by atoms with Gasteiger partial charge in [-0.1, -0.05) is 52.0 Å². The van der Waals surface area contributed by atoms with Crippen LogP contribution >= 0.6 is 0 Å². The molecular formula is C15H25NOS. The molecule has 0 amide bonds. The van der Waals surface area contributed by atoms with Gasteiger partial charge in [0.15, 0.2) is 0 Å². The Morgan fingerprint density at radius 1 is 1.06 bits per heavy atom. The van der Waals surface area contributed by atoms with E-state index in [-0.39, 0.29) is 11.3 Å². The quantitative estimate of drug-likeness (QED) is 0.857. The standard InChI is InChI=1S/C15H25NOS/c1-11(2)13-6-8-14(9-7-13)15(16-5)10-18(17)12(3)4/h6-9,11-12,15-16H,10H2,1-5H3. The molecule has 0 radical (unpaired) electrons. The number of hydrogen-bond donors (Lipinski definition) is 1. The van der Waals surface area contributed by atoms with E-state index < -0.39 is 10.8 Å². The third-order valence-electron chi connectivity index (χ3n) is 3.21. The Balaban J connectivity index is 2.79. The second-order valence-corrected chi connectivity index (χ2v) is 7.30. The fraction of sp³-hybridized carbons (Fsp3) is 0.600. The first-order valence-electron chi connectivity index (χ1n) is 6.60. The molecule has 1 aromatic rings. The summed E-state index contributed by atoms with van der Waals surface area (Å²) in [7, 11) is 1.15. The SMILES string of the molecule is CNC(CS(=O)C(C)C)c1ccc(C(C)C)cc1. The van der Waals surface area contributed by atoms with Gasteiger partial charge in [-0.3, -0.25) is 4.21 Å². The summed E-state index contributed by atoms with van der Waals surface area (Å²) in [4.78, 5) is 0. The van der Waals surface area contributed by atoms with E-state index in [0.717, 1.165) is 0 Å². The molecule has 0 fully saturated rings. The Labute approximate surface area is 114 Å². The van der Waals surface area contributed by atoms with Crippen LogP contribution in [0.4, 0.5) is 0 Å². The molecule has 0 heterocycles. The normalized spacial score (nSPS) is 15.1. The van der Waals surface area contributed by atoms with Gasteiger partial charge >= 0.3 is 0 Å². The van der Waals surface area contributed by atoms with Crippen molar-refractivity contribution in [2.24, 2.45) is 0 Å². The van der Waals surface area contributed by atoms with Crippen LogP contribution in [0.1, 0.15) is 50.8 Å². The van der Waals surface area contributed by atoms with Crippen molar-refractivity contribution in [1.82, 2.24) is 5.32 Å². The van der Waals surface area contributed by atoms with E-state index in [2.05, 4.69) is 43.4 Å². The molecule has 1 N–H and O–H groups in total. The summed E-state index contributed by atoms with van der Waals surface area (Å²) in [5.74, 6) is 1.23. The molecule has 18 heavy (non-hydrogen) atoms. The van der Waals surface area contributed by atoms with Crippen LogP contribution in [0.2, 0.25) is 0 Å². The van der Waals surface area contributed by atoms with Gasteiger partial charge in [0.05, 0.1) is 0 Å². The zero-order valence-corrected chi connectivity index (χ0v) is 12.9. The number of hydrogen-bond acceptors (Lipinski definition) is 2. The molecule has 2 nitrogen and oxygen atoms in total. The highest BCUT2D eigenvalue weighted by Gasteiger charge is 2.15. The van der Waals surface area contributed by atoms with Crippen molar-refractivity contribution in [3.05, 3.63) is 35.4 Å². The van der Waals surface area contributed by atoms with Crippen LogP contribution in [0, 0.1) is 0 Å². The highest BCUT2D eigenvalue weighted by Crippen LogP contribution is 2.19. The number of nitrogens with one attached hydrogen (secondary N) is 1. The first-order chi connectivity index (χ1) is 8.45. The van der Waals surface area contributed by atoms with Gasteiger partial charge in [0.1, 0.15) is 0 Å². The third kappa shape index (κ3) is 4.21. The fourth-order valence-corrected chi connectivity index (χ4v) is 2.89. The Kier molecular flexibility index (Phi) is 6.03. The van der Waals surface area contributed by atoms with E-state index >= 15 is 0 Å². The van der Waals surface area contributed by atoms with Gasteiger partial charge < -0.3 is 5.32 Å². The predicted octanol–water partition coefficient (Wildman–Crippen LogP) is 3.23. The Morgan fingerprint density at radius 3 is 1.94 bits per heavy atom. The van der Waals surface area contributed by atoms with Gasteiger partial charge in [0.2, 0.25) is 0 Å². The molecule has 0 aromatic heterocycles. The van der Waals surface area contributed by atoms with Crippen molar-refractivity contribution in [2.75, 3.05) is 12.8 Å². The van der Waals surface area contributed by atoms with E-state index in [4.69, 9.17) is 0 Å². The first kappa shape index (κ1) is 15.4. The van der Waals surface area contributed by atoms with Crippen molar-refractivity contribution in [2.45, 2.75) is 44.9 Å². The Bertz CT molecular complexity index is 384. The zero-order chi connectivity index (χ0) is 13.7. The van der Waals surface area contributed by atoms with Gasteiger partial charge in [0.25, 0.3) is 0 Å². The highest BCUT2D eigenvalue weighted by molar-refractivity contribution is 7.85. The lowest BCUT2D eigenvalue weighted by Crippen LogP contribution is -2.25. The minimum atomic E-state index is -0.779. The summed E-state index contributed by atoms with van der Waals surface area (Å²) in [5.41, 5.74) is 2.56. The maximum absolute atomic E-state index is 11.9. The molecule has 3 heteroatoms. The molecule has 0 saturated carbocycles. The van der Waals surface area contributed by atoms with E-state index in [9.17, 15) is 4.21 Å². The lowest BCUT2D eigenvalue weighted by molar-refractivity contribution is 0.631. The molecule has 102 valence electrons. The first-order valence-corrected chi connectivity index (χ1v) is 7.98. The summed E-state index contributed by atoms with van der Waals surface area (Å²) in [6.45, 7) is 8.39. The van der Waals surface area contributed by atoms with E-state index in [1.807, 2.05) is 20.9 Å². The van der Waals surface area contributed by atoms with Crippen molar-refractivity contribution in [3.8, 4) is 0 Å². The Morgan fingerprint density at radius 2 is 1.56 bits per heavy atom. The van der Waals surface area contributed by atoms with Crippen molar-refractivity contribution in [1.29, 1.82) is 0 Å². The lowest BCUT2D eigenvalue weighted by atomic mass is 10.00. The molecular weight excluding hydrogens is 242 g/mol. The molecule has 0 bridgehead atoms. The molecule has 2 atom stereocenters. The third-order valence-corrected chi connectivity index (χ3v) is 4.92. The van der Waals surface area contributed by atoms with E-state index in [1.165, 1.54) is 11.1 Å². The molecule has 0 saturated heterocycles. The van der Waals surface area contributed by atoms with Gasteiger partial charge in [-0.05, 0) is 24.1 Å². The summed E-state index contributed by atoms with van der Waals surface area (Å²) in [5, 5.41) is 3.48. The maximum Gasteiger partial charge on any atom is 0.0434 e. The monoisotopic (exact) mass is 267 g/mol. The summed E-state index contributed by atoms with van der Waals surface area (Å²) in [6, 6.07) is 8.81. The van der Waals surface area contributed by atoms with E-state index in [1.54, 1.807) is 0 Å². The molecule has 1 rings (SSSR count). The zero-order valence-electron chi connectivity index (χ0n) is 12.1. The molecule has 1 aromatic carbocycles. The molecule has 0 aliphatic rings. The van der Waals surface area contributed by atoms with Crippen LogP contribution in [0.15, 0.2) is 24.3 Å². The molecule has 0 spiro atoms. The van der Waals surface area contributed by atoms with Gasteiger partial charge in [-0.25, -0.2) is 0 Å². The predicted molar refractivity (Wildman–Crippen MR) is 80.5 cm³/mol. The summed E-state index contributed by atoms with van der Waals surface area (Å²) in [6.07, 6.45) is 0. The smallest absolute Gasteiger partial charge is 0.0434 e. The van der Waals surface area contributed by atoms with Crippen LogP contribution in [0.5, 0.6) is 0 Å². The van der Waals surface area contributed by atoms with Gasteiger partial charge in [-0.2, -0.15) is 0 Å². The largest absolute Gasteiger partial charge is 0.312 e. The second kappa shape index (κ2) is 7.05.